The molecule has 0 fully saturated rings. The van der Waals surface area contributed by atoms with E-state index in [9.17, 15) is 0 Å². The first-order chi connectivity index (χ1) is 5.79. The normalized spacial score (nSPS) is 8.46. The maximum absolute atomic E-state index is 5.75. The zero-order valence-corrected chi connectivity index (χ0v) is 12.1. The Balaban J connectivity index is -0.000000284. The molecule has 0 saturated heterocycles. The number of benzene rings is 1. The minimum absolute atomic E-state index is 0. The van der Waals surface area contributed by atoms with E-state index in [-0.39, 0.29) is 40.1 Å². The first-order valence-electron chi connectivity index (χ1n) is 4.83. The Kier molecular flexibility index (Phi) is 12.6. The van der Waals surface area contributed by atoms with Crippen LogP contribution in [-0.2, 0) is 39.1 Å². The molecule has 0 saturated carbocycles. The zero-order valence-electron chi connectivity index (χ0n) is 10.2. The molecule has 0 aliphatic carbocycles. The summed E-state index contributed by atoms with van der Waals surface area (Å²) in [7, 11) is 1.25. The van der Waals surface area contributed by atoms with Gasteiger partial charge in [-0.05, 0) is 17.9 Å². The molecule has 0 amide bonds. The van der Waals surface area contributed by atoms with Gasteiger partial charge >= 0.3 is 0 Å². The first-order valence-corrected chi connectivity index (χ1v) is 3.83. The fraction of sp³-hybridized carbons (Fsp3) is 0.417. The Morgan fingerprint density at radius 2 is 1.69 bits per heavy atom. The molecule has 0 bridgehead atoms. The van der Waals surface area contributed by atoms with Gasteiger partial charge in [-0.1, -0.05) is 51.6 Å². The summed E-state index contributed by atoms with van der Waals surface area (Å²) < 4.78 is 5.75. The molecule has 1 heteroatoms. The van der Waals surface area contributed by atoms with Gasteiger partial charge in [-0.2, -0.15) is 0 Å². The topological polar surface area (TPSA) is 0 Å². The zero-order chi connectivity index (χ0) is 9.40. The first kappa shape index (κ1) is 15.8. The maximum Gasteiger partial charge on any atom is 0.0194 e. The van der Waals surface area contributed by atoms with Crippen molar-refractivity contribution >= 4 is 0 Å². The molecular weight excluding hydrogens is 233 g/mol. The van der Waals surface area contributed by atoms with Gasteiger partial charge in [0, 0.05) is 34.1 Å². The van der Waals surface area contributed by atoms with E-state index in [2.05, 4.69) is 44.2 Å². The van der Waals surface area contributed by atoms with E-state index in [4.69, 9.17) is 1.37 Å². The predicted molar refractivity (Wildman–Crippen MR) is 58.1 cm³/mol. The molecule has 0 heterocycles. The van der Waals surface area contributed by atoms with E-state index in [1.165, 1.54) is 19.4 Å². The van der Waals surface area contributed by atoms with Crippen molar-refractivity contribution in [1.29, 1.82) is 0 Å². The van der Waals surface area contributed by atoms with Crippen LogP contribution in [0.4, 0.5) is 0 Å². The summed E-state index contributed by atoms with van der Waals surface area (Å²) in [5, 5.41) is 0. The van der Waals surface area contributed by atoms with Crippen LogP contribution in [0.3, 0.4) is 0 Å². The Hall–Kier alpha value is 0.324. The summed E-state index contributed by atoms with van der Waals surface area (Å²) in [6, 6.07) is 10.6. The molecule has 73 valence electrons. The molecule has 13 heavy (non-hydrogen) atoms. The average Bonchev–Trinajstić information content (AvgIpc) is 2.08. The summed E-state index contributed by atoms with van der Waals surface area (Å²) >= 11 is 0. The van der Waals surface area contributed by atoms with Crippen molar-refractivity contribution in [2.45, 2.75) is 27.7 Å². The molecule has 0 spiro atoms. The smallest absolute Gasteiger partial charge is 0.0194 e. The van der Waals surface area contributed by atoms with E-state index in [1.807, 2.05) is 0 Å². The SMILES string of the molecule is CC(C)Cc1ccccc1.[3H]C.[CH3-].[Y]. The van der Waals surface area contributed by atoms with Gasteiger partial charge in [0.1, 0.15) is 0 Å². The molecular formula is C12H21Y-. The van der Waals surface area contributed by atoms with Gasteiger partial charge in [-0.25, -0.2) is 0 Å². The van der Waals surface area contributed by atoms with E-state index in [1.54, 1.807) is 0 Å². The third-order valence-electron chi connectivity index (χ3n) is 1.49. The molecule has 1 radical (unpaired) electrons. The minimum Gasteiger partial charge on any atom is -0.358 e. The van der Waals surface area contributed by atoms with E-state index in [0.29, 0.717) is 0 Å². The number of rotatable bonds is 2. The Labute approximate surface area is 110 Å². The summed E-state index contributed by atoms with van der Waals surface area (Å²) in [5.41, 5.74) is 1.44. The van der Waals surface area contributed by atoms with Crippen LogP contribution in [0.5, 0.6) is 0 Å². The van der Waals surface area contributed by atoms with Gasteiger partial charge in [0.05, 0.1) is 0 Å². The summed E-state index contributed by atoms with van der Waals surface area (Å²) in [6.45, 7) is 4.49. The predicted octanol–water partition coefficient (Wildman–Crippen LogP) is 3.97. The van der Waals surface area contributed by atoms with Crippen molar-refractivity contribution in [2.75, 3.05) is 0 Å². The molecule has 0 aliphatic rings. The molecule has 0 N–H and O–H groups in total. The summed E-state index contributed by atoms with van der Waals surface area (Å²) in [5.74, 6) is 0.766. The fourth-order valence-electron chi connectivity index (χ4n) is 1.09. The van der Waals surface area contributed by atoms with Crippen LogP contribution < -0.4 is 0 Å². The Morgan fingerprint density at radius 1 is 1.23 bits per heavy atom. The molecule has 0 aliphatic heterocycles. The van der Waals surface area contributed by atoms with Gasteiger partial charge in [-0.15, -0.1) is 0 Å². The van der Waals surface area contributed by atoms with Crippen LogP contribution in [0.2, 0.25) is 0 Å². The standard InChI is InChI=1S/C10H14.CH4.CH3.Y/c1-9(2)8-10-6-4-3-5-7-10;;;/h3-7,9H,8H2,1-2H3;1H4;1H3;/q;;-1;/i;1T;;. The second-order valence-electron chi connectivity index (χ2n) is 3.08. The van der Waals surface area contributed by atoms with Crippen molar-refractivity contribution in [2.24, 2.45) is 5.92 Å². The van der Waals surface area contributed by atoms with Crippen molar-refractivity contribution < 1.29 is 34.1 Å². The van der Waals surface area contributed by atoms with Gasteiger partial charge in [0.2, 0.25) is 0 Å². The molecule has 0 atom stereocenters. The second kappa shape index (κ2) is 10.4. The fourth-order valence-corrected chi connectivity index (χ4v) is 1.09. The van der Waals surface area contributed by atoms with Crippen LogP contribution in [-0.4, -0.2) is 0 Å². The molecule has 0 nitrogen and oxygen atoms in total. The monoisotopic (exact) mass is 256 g/mol. The van der Waals surface area contributed by atoms with Crippen LogP contribution in [0.1, 0.15) is 28.2 Å². The van der Waals surface area contributed by atoms with Crippen LogP contribution in [0.15, 0.2) is 30.3 Å². The minimum atomic E-state index is 0. The molecule has 1 aromatic rings. The summed E-state index contributed by atoms with van der Waals surface area (Å²) in [4.78, 5) is 0. The molecule has 0 aromatic heterocycles. The van der Waals surface area contributed by atoms with Crippen LogP contribution in [0, 0.1) is 13.3 Å². The summed E-state index contributed by atoms with van der Waals surface area (Å²) in [6.07, 6.45) is 1.20. The average molecular weight is 256 g/mol. The largest absolute Gasteiger partial charge is 0.358 e. The van der Waals surface area contributed by atoms with Crippen LogP contribution in [0.25, 0.3) is 0 Å². The van der Waals surface area contributed by atoms with Crippen molar-refractivity contribution in [3.8, 4) is 0 Å². The van der Waals surface area contributed by atoms with Crippen LogP contribution >= 0.6 is 0 Å². The number of hydrogen-bond acceptors (Lipinski definition) is 0. The molecule has 0 unspecified atom stereocenters. The third kappa shape index (κ3) is 8.65. The van der Waals surface area contributed by atoms with Gasteiger partial charge in [-0.3, -0.25) is 0 Å². The Morgan fingerprint density at radius 3 is 2.08 bits per heavy atom. The molecule has 1 rings (SSSR count). The van der Waals surface area contributed by atoms with Crippen molar-refractivity contribution in [3.05, 3.63) is 43.3 Å². The number of hydrogen-bond donors (Lipinski definition) is 0. The molecule has 1 aromatic carbocycles. The van der Waals surface area contributed by atoms with Crippen molar-refractivity contribution in [3.63, 3.8) is 0 Å². The second-order valence-corrected chi connectivity index (χ2v) is 3.08. The van der Waals surface area contributed by atoms with Gasteiger partial charge < -0.3 is 7.43 Å². The van der Waals surface area contributed by atoms with E-state index in [0.717, 1.165) is 5.92 Å². The van der Waals surface area contributed by atoms with E-state index >= 15 is 0 Å². The van der Waals surface area contributed by atoms with Gasteiger partial charge in [0.15, 0.2) is 0 Å². The van der Waals surface area contributed by atoms with E-state index < -0.39 is 0 Å². The maximum atomic E-state index is 5.75. The third-order valence-corrected chi connectivity index (χ3v) is 1.49. The quantitative estimate of drug-likeness (QED) is 0.702. The van der Waals surface area contributed by atoms with Gasteiger partial charge in [0.25, 0.3) is 0 Å². The van der Waals surface area contributed by atoms with Crippen molar-refractivity contribution in [1.82, 2.24) is 0 Å². The Bertz CT molecular complexity index is 185.